The summed E-state index contributed by atoms with van der Waals surface area (Å²) in [5.74, 6) is 1.03. The maximum atomic E-state index is 13.2. The number of aromatic amines is 2. The van der Waals surface area contributed by atoms with Gasteiger partial charge in [0.1, 0.15) is 65.3 Å². The first-order valence-corrected chi connectivity index (χ1v) is 48.5. The van der Waals surface area contributed by atoms with Gasteiger partial charge in [0.05, 0.1) is 82.0 Å². The van der Waals surface area contributed by atoms with Gasteiger partial charge in [0, 0.05) is 106 Å². The molecule has 0 aliphatic heterocycles. The Balaban J connectivity index is 0.000000227. The minimum atomic E-state index is -0.494. The molecule has 1 amide bonds. The van der Waals surface area contributed by atoms with Crippen molar-refractivity contribution in [3.63, 3.8) is 0 Å². The predicted molar refractivity (Wildman–Crippen MR) is 572 cm³/mol. The zero-order valence-corrected chi connectivity index (χ0v) is 89.7. The van der Waals surface area contributed by atoms with Gasteiger partial charge in [-0.3, -0.25) is 19.2 Å². The largest absolute Gasteiger partial charge is 0.497 e. The van der Waals surface area contributed by atoms with Crippen molar-refractivity contribution >= 4 is 211 Å². The number of halogens is 3. The second-order valence-corrected chi connectivity index (χ2v) is 37.0. The summed E-state index contributed by atoms with van der Waals surface area (Å²) < 4.78 is 39.4. The van der Waals surface area contributed by atoms with Gasteiger partial charge in [0.2, 0.25) is 6.41 Å². The van der Waals surface area contributed by atoms with Gasteiger partial charge in [0.25, 0.3) is 11.1 Å². The number of hydrogen-bond donors (Lipinski definition) is 4. The number of alkyl halides is 1. The monoisotopic (exact) mass is 2190 g/mol. The molecule has 730 valence electrons. The van der Waals surface area contributed by atoms with E-state index in [-0.39, 0.29) is 80.1 Å². The van der Waals surface area contributed by atoms with Crippen molar-refractivity contribution in [1.82, 2.24) is 68.2 Å². The van der Waals surface area contributed by atoms with E-state index in [9.17, 15) is 33.6 Å². The SMILES string of the molecule is Br.CCOC(=O)c1c(C=O)c2sc(Cc3ccccc3)nc2n1C.CCOC(=O)c1cc2sc(Br)nc2[nH]1.CCOC(=O)c1cc2sc(Cc3ccccc3)nc2n1C.CN(C=O)c1ccccc1.COc1cccc(CCl)c1.COc1cccc(Cn2ncc3c4sc(Cc5ccccc5)nc4n(C)c3c2=O)c1.Cn1c2nc(Cc3ccccc3)sc2c2cn[nH]c(=O)c21.N=N.O.[CH2-]c1ccccc1.[HH].[HH].[Zn]. The summed E-state index contributed by atoms with van der Waals surface area (Å²) in [4.78, 5) is 109. The molecule has 8 aromatic carbocycles. The van der Waals surface area contributed by atoms with Crippen molar-refractivity contribution in [2.45, 2.75) is 58.9 Å². The molecule has 0 saturated heterocycles. The second-order valence-electron chi connectivity index (χ2n) is 30.1. The van der Waals surface area contributed by atoms with Gasteiger partial charge in [-0.1, -0.05) is 170 Å². The smallest absolute Gasteiger partial charge is 0.355 e. The number of aromatic nitrogens is 14. The molecule has 0 unspecified atom stereocenters. The third kappa shape index (κ3) is 28.8. The molecule has 20 rings (SSSR count). The number of hydrogen-bond acceptors (Lipinski definition) is 26. The molecular formula is C102H105Br2ClN17O13S5Zn-. The molecule has 20 aromatic rings. The van der Waals surface area contributed by atoms with E-state index >= 15 is 0 Å². The summed E-state index contributed by atoms with van der Waals surface area (Å²) >= 11 is 16.7. The number of anilines is 1. The second kappa shape index (κ2) is 54.8. The first-order valence-electron chi connectivity index (χ1n) is 43.1. The van der Waals surface area contributed by atoms with Gasteiger partial charge < -0.3 is 57.3 Å². The van der Waals surface area contributed by atoms with E-state index in [0.29, 0.717) is 77.6 Å². The molecule has 6 N–H and O–H groups in total. The van der Waals surface area contributed by atoms with Crippen LogP contribution in [0.2, 0.25) is 0 Å². The summed E-state index contributed by atoms with van der Waals surface area (Å²) in [5, 5.41) is 16.6. The molecule has 39 heteroatoms. The number of H-pyrrole nitrogens is 2. The molecule has 0 fully saturated rings. The number of carbonyl (C=O) groups excluding carboxylic acids is 5. The number of para-hydroxylation sites is 1. The minimum absolute atomic E-state index is 0. The van der Waals surface area contributed by atoms with Crippen LogP contribution in [0.25, 0.3) is 73.5 Å². The minimum Gasteiger partial charge on any atom is -0.497 e. The molecule has 0 aliphatic carbocycles. The van der Waals surface area contributed by atoms with E-state index in [1.54, 1.807) is 111 Å². The van der Waals surface area contributed by atoms with Gasteiger partial charge >= 0.3 is 17.9 Å². The first kappa shape index (κ1) is 111. The average molecular weight is 2200 g/mol. The Bertz CT molecular complexity index is 7570. The number of benzene rings is 8. The molecular weight excluding hydrogens is 2090 g/mol. The van der Waals surface area contributed by atoms with Crippen molar-refractivity contribution in [3.8, 4) is 11.5 Å². The number of nitrogens with one attached hydrogen (secondary N) is 4. The Morgan fingerprint density at radius 1 is 0.511 bits per heavy atom. The Morgan fingerprint density at radius 2 is 0.943 bits per heavy atom. The maximum absolute atomic E-state index is 13.2. The van der Waals surface area contributed by atoms with Crippen molar-refractivity contribution in [3.05, 3.63) is 368 Å². The van der Waals surface area contributed by atoms with Crippen molar-refractivity contribution in [2.24, 2.45) is 28.2 Å². The Morgan fingerprint density at radius 3 is 1.40 bits per heavy atom. The standard InChI is InChI=1S/C23H20N4O2S.C17H16N2O3S.C16H16N2O2S.C15H12N4OS.C8H7BrN2O2S.C8H9ClO.C8H9NO.C7H7.BrH.H2N2.H2O.Zn.2H2/c1-26-20-18(21-22(26)25-19(30-21)12-15-7-4-3-5-8-15)13-24-27(23(20)28)14-16-9-6-10-17(11-16)29-2;1-3-22-17(21)14-12(10-20)15-16(19(14)2)18-13(23-15)9-11-7-5-4-6-8-11;1-3-20-16(19)12-10-13-15(18(12)2)17-14(21-13)9-11-7-5-4-6-8-11;1-19-12-10(8-16-18-15(12)20)13-14(19)17-11(21-13)7-9-5-3-2-4-6-9;1-2-13-7(12)4-3-5-6(10-4)11-8(9)14-5;1-10-8-4-2-3-7(5-8)6-9;1-9(7-10)8-5-3-2-4-6-8;1-7-5-3-2-4-6-7;;1-2;;;;/h3-11,13H,12,14H2,1-2H3;4-8,10H,3,9H2,1-2H3;4-8,10H,3,9H2,1-2H3;2-6,8H,7H2,1H3,(H,18,20);3,10H,2H2,1H3;2-5H,6H2,1H3;2-7H,1H3;2-6H,1H2;1H;1-2H;1H2;;2*1H/q;;;;;;;-1;;;;;;. The van der Waals surface area contributed by atoms with Crippen LogP contribution in [0.1, 0.15) is 124 Å². The van der Waals surface area contributed by atoms with Crippen LogP contribution in [-0.4, -0.2) is 145 Å². The quantitative estimate of drug-likeness (QED) is 0.00931. The number of carbonyl (C=O) groups is 5. The summed E-state index contributed by atoms with van der Waals surface area (Å²) in [7, 11) is 12.3. The number of esters is 3. The number of methoxy groups -OCH3 is 2. The van der Waals surface area contributed by atoms with Gasteiger partial charge in [0.15, 0.2) is 32.8 Å². The Labute approximate surface area is 871 Å². The number of amides is 1. The molecule has 0 radical (unpaired) electrons. The van der Waals surface area contributed by atoms with Gasteiger partial charge in [-0.05, 0) is 119 Å². The van der Waals surface area contributed by atoms with E-state index in [4.69, 9.17) is 51.3 Å². The van der Waals surface area contributed by atoms with E-state index in [1.165, 1.54) is 48.9 Å². The van der Waals surface area contributed by atoms with Gasteiger partial charge in [-0.2, -0.15) is 34.8 Å². The zero-order chi connectivity index (χ0) is 98.3. The fourth-order valence-electron chi connectivity index (χ4n) is 14.2. The summed E-state index contributed by atoms with van der Waals surface area (Å²) in [5.41, 5.74) is 25.4. The van der Waals surface area contributed by atoms with Crippen LogP contribution >= 0.6 is 101 Å². The van der Waals surface area contributed by atoms with Crippen LogP contribution in [0.5, 0.6) is 11.5 Å². The van der Waals surface area contributed by atoms with Crippen LogP contribution in [0.15, 0.2) is 269 Å². The molecule has 12 aromatic heterocycles. The number of rotatable bonds is 22. The number of aldehydes is 1. The number of nitrogens with zero attached hydrogens (tertiary/aromatic N) is 13. The van der Waals surface area contributed by atoms with E-state index in [1.807, 2.05) is 230 Å². The van der Waals surface area contributed by atoms with Gasteiger partial charge in [-0.15, -0.1) is 97.4 Å². The summed E-state index contributed by atoms with van der Waals surface area (Å²) in [6.07, 6.45) is 8.07. The molecule has 0 aliphatic rings. The van der Waals surface area contributed by atoms with E-state index in [0.717, 1.165) is 140 Å². The van der Waals surface area contributed by atoms with Crippen molar-refractivity contribution in [1.29, 1.82) is 11.1 Å². The molecule has 0 atom stereocenters. The summed E-state index contributed by atoms with van der Waals surface area (Å²) in [6.45, 7) is 10.4. The average Bonchev–Trinajstić information content (AvgIpc) is 1.61. The Hall–Kier alpha value is -13.7. The van der Waals surface area contributed by atoms with Gasteiger partial charge in [-0.25, -0.2) is 60.1 Å². The number of thiazole rings is 5. The van der Waals surface area contributed by atoms with Crippen LogP contribution in [0.4, 0.5) is 5.69 Å². The van der Waals surface area contributed by atoms with E-state index < -0.39 is 5.97 Å². The fourth-order valence-corrected chi connectivity index (χ4v) is 20.3. The van der Waals surface area contributed by atoms with Crippen LogP contribution < -0.4 is 25.5 Å². The maximum Gasteiger partial charge on any atom is 0.355 e. The van der Waals surface area contributed by atoms with Crippen molar-refractivity contribution in [2.75, 3.05) is 46.0 Å². The number of fused-ring (bicyclic) bond motifs is 9. The van der Waals surface area contributed by atoms with Crippen molar-refractivity contribution < 1.29 is 75.5 Å². The third-order valence-corrected chi connectivity index (χ3v) is 26.8. The molecule has 30 nitrogen and oxygen atoms in total. The zero-order valence-electron chi connectivity index (χ0n) is 78.6. The van der Waals surface area contributed by atoms with E-state index in [2.05, 4.69) is 99.5 Å². The molecule has 0 spiro atoms. The molecule has 0 saturated carbocycles. The third-order valence-electron chi connectivity index (χ3n) is 20.8. The van der Waals surface area contributed by atoms with Crippen LogP contribution in [-0.2, 0) is 105 Å². The van der Waals surface area contributed by atoms with Crippen LogP contribution in [0.3, 0.4) is 0 Å². The normalized spacial score (nSPS) is 10.4. The topological polar surface area (TPSA) is 395 Å². The fraction of sp³-hybridized carbons (Fsp3) is 0.186. The Kier molecular flexibility index (Phi) is 43.1. The van der Waals surface area contributed by atoms with Crippen LogP contribution in [0, 0.1) is 18.0 Å². The first-order chi connectivity index (χ1) is 67.0. The molecule has 141 heavy (non-hydrogen) atoms. The predicted octanol–water partition coefficient (Wildman–Crippen LogP) is 22.1. The molecule has 0 bridgehead atoms. The number of aryl methyl sites for hydroxylation is 4. The number of ether oxygens (including phenoxy) is 5. The molecule has 12 heterocycles. The summed E-state index contributed by atoms with van der Waals surface area (Å²) in [6, 6.07) is 79.2.